The maximum Gasteiger partial charge on any atom is 2.00 e. The van der Waals surface area contributed by atoms with Crippen molar-refractivity contribution in [3.05, 3.63) is 60.2 Å². The molecule has 0 radical (unpaired) electrons. The molecule has 0 atom stereocenters. The van der Waals surface area contributed by atoms with E-state index in [2.05, 4.69) is 39.7 Å². The van der Waals surface area contributed by atoms with E-state index in [9.17, 15) is 0 Å². The normalized spacial score (nSPS) is 27.9. The first-order valence-corrected chi connectivity index (χ1v) is 7.87. The van der Waals surface area contributed by atoms with E-state index in [1.807, 2.05) is 30.3 Å². The van der Waals surface area contributed by atoms with E-state index in [-0.39, 0.29) is 22.6 Å². The van der Waals surface area contributed by atoms with Crippen LogP contribution < -0.4 is 5.43 Å². The maximum atomic E-state index is 4.49. The summed E-state index contributed by atoms with van der Waals surface area (Å²) in [6.45, 7) is 0.900. The van der Waals surface area contributed by atoms with Gasteiger partial charge in [0.1, 0.15) is 12.5 Å². The van der Waals surface area contributed by atoms with E-state index in [1.54, 1.807) is 0 Å². The summed E-state index contributed by atoms with van der Waals surface area (Å²) in [6.07, 6.45) is 5.20. The van der Waals surface area contributed by atoms with E-state index in [0.717, 1.165) is 6.67 Å². The molecule has 0 aromatic heterocycles. The second-order valence-electron chi connectivity index (χ2n) is 6.16. The zero-order chi connectivity index (χ0) is 14.1. The van der Waals surface area contributed by atoms with Gasteiger partial charge in [-0.3, -0.25) is 5.43 Å². The second kappa shape index (κ2) is 6.31. The molecule has 3 nitrogen and oxygen atoms in total. The van der Waals surface area contributed by atoms with Gasteiger partial charge in [-0.15, -0.1) is 5.56 Å². The Hall–Kier alpha value is -1.51. The molecule has 2 aromatic carbocycles. The fourth-order valence-corrected chi connectivity index (χ4v) is 4.08. The summed E-state index contributed by atoms with van der Waals surface area (Å²) in [5, 5.41) is 4.49. The van der Waals surface area contributed by atoms with Crippen LogP contribution in [0.3, 0.4) is 0 Å². The van der Waals surface area contributed by atoms with Gasteiger partial charge in [-0.05, 0) is 25.7 Å². The number of nitrogens with zero attached hydrogens (tertiary/aromatic N) is 2. The molecule has 3 fully saturated rings. The van der Waals surface area contributed by atoms with Crippen molar-refractivity contribution < 1.29 is 17.1 Å². The molecule has 0 unspecified atom stereocenters. The minimum Gasteiger partial charge on any atom is -0.340 e. The third kappa shape index (κ3) is 2.41. The standard InChI is InChI=1S/C13H16N3.C5H5.Fe/c1-2-4-11(3-1)13-7-5-10(6-8-13)12-15-14-9-16(12)13;1-2-4-5-3-1;/h1-4,10,14H,5-9H2;1-5H;/q2*-1;+2. The Morgan fingerprint density at radius 2 is 1.82 bits per heavy atom. The topological polar surface area (TPSA) is 27.6 Å². The van der Waals surface area contributed by atoms with E-state index in [4.69, 9.17) is 0 Å². The van der Waals surface area contributed by atoms with Crippen molar-refractivity contribution in [1.29, 1.82) is 0 Å². The average Bonchev–Trinajstić information content (AvgIpc) is 3.31. The smallest absolute Gasteiger partial charge is 0.340 e. The van der Waals surface area contributed by atoms with E-state index in [1.165, 1.54) is 37.1 Å². The van der Waals surface area contributed by atoms with E-state index >= 15 is 0 Å². The van der Waals surface area contributed by atoms with Gasteiger partial charge in [-0.1, -0.05) is 0 Å². The largest absolute Gasteiger partial charge is 2.00 e. The molecule has 6 rings (SSSR count). The number of hydrogen-bond donors (Lipinski definition) is 1. The Kier molecular flexibility index (Phi) is 4.41. The van der Waals surface area contributed by atoms with Crippen molar-refractivity contribution in [2.75, 3.05) is 6.67 Å². The van der Waals surface area contributed by atoms with Crippen LogP contribution in [0.1, 0.15) is 31.2 Å². The molecule has 1 aliphatic carbocycles. The SMILES string of the molecule is [Fe+2].c1cc[c-](C23CCC(CC2)C2=NNCN23)c1.c1cc[cH-]c1. The van der Waals surface area contributed by atoms with Crippen molar-refractivity contribution in [1.82, 2.24) is 10.3 Å². The fourth-order valence-electron chi connectivity index (χ4n) is 4.08. The van der Waals surface area contributed by atoms with Crippen LogP contribution in [0.5, 0.6) is 0 Å². The molecule has 0 amide bonds. The van der Waals surface area contributed by atoms with Gasteiger partial charge in [0.25, 0.3) is 0 Å². The van der Waals surface area contributed by atoms with Gasteiger partial charge >= 0.3 is 17.1 Å². The molecule has 1 N–H and O–H groups in total. The molecule has 4 heteroatoms. The number of rotatable bonds is 1. The predicted octanol–water partition coefficient (Wildman–Crippen LogP) is 3.38. The van der Waals surface area contributed by atoms with Crippen LogP contribution in [0.4, 0.5) is 0 Å². The molecule has 3 heterocycles. The summed E-state index contributed by atoms with van der Waals surface area (Å²) in [5.74, 6) is 2.03. The first-order valence-electron chi connectivity index (χ1n) is 7.87. The van der Waals surface area contributed by atoms with Crippen molar-refractivity contribution >= 4 is 5.84 Å². The maximum absolute atomic E-state index is 4.49. The van der Waals surface area contributed by atoms with E-state index < -0.39 is 0 Å². The van der Waals surface area contributed by atoms with E-state index in [0.29, 0.717) is 5.92 Å². The van der Waals surface area contributed by atoms with Crippen LogP contribution in [-0.4, -0.2) is 17.4 Å². The summed E-state index contributed by atoms with van der Waals surface area (Å²) >= 11 is 0. The van der Waals surface area contributed by atoms with Crippen molar-refractivity contribution in [3.63, 3.8) is 0 Å². The molecule has 2 bridgehead atoms. The number of hydrogen-bond acceptors (Lipinski definition) is 3. The van der Waals surface area contributed by atoms with Crippen LogP contribution in [-0.2, 0) is 22.6 Å². The van der Waals surface area contributed by atoms with Gasteiger partial charge < -0.3 is 4.90 Å². The summed E-state index contributed by atoms with van der Waals surface area (Å²) < 4.78 is 0. The predicted molar refractivity (Wildman–Crippen MR) is 85.0 cm³/mol. The molecule has 3 aliphatic heterocycles. The molecule has 116 valence electrons. The van der Waals surface area contributed by atoms with Crippen molar-refractivity contribution in [2.24, 2.45) is 11.0 Å². The Morgan fingerprint density at radius 3 is 2.41 bits per heavy atom. The van der Waals surface area contributed by atoms with Gasteiger partial charge in [0, 0.05) is 11.5 Å². The molecule has 2 saturated heterocycles. The zero-order valence-electron chi connectivity index (χ0n) is 12.6. The molecule has 4 aliphatic rings. The Bertz CT molecular complexity index is 575. The minimum absolute atomic E-state index is 0. The monoisotopic (exact) mass is 335 g/mol. The minimum atomic E-state index is 0. The number of fused-ring (bicyclic) bond motifs is 2. The van der Waals surface area contributed by atoms with Crippen LogP contribution in [0.15, 0.2) is 59.7 Å². The zero-order valence-corrected chi connectivity index (χ0v) is 13.7. The second-order valence-corrected chi connectivity index (χ2v) is 6.16. The van der Waals surface area contributed by atoms with Crippen molar-refractivity contribution in [3.8, 4) is 0 Å². The average molecular weight is 335 g/mol. The van der Waals surface area contributed by atoms with Crippen LogP contribution >= 0.6 is 0 Å². The third-order valence-electron chi connectivity index (χ3n) is 5.15. The quantitative estimate of drug-likeness (QED) is 0.639. The number of hydrazone groups is 1. The Labute approximate surface area is 142 Å². The van der Waals surface area contributed by atoms with Gasteiger partial charge in [-0.2, -0.15) is 35.4 Å². The molecule has 1 saturated carbocycles. The summed E-state index contributed by atoms with van der Waals surface area (Å²) in [6, 6.07) is 18.9. The summed E-state index contributed by atoms with van der Waals surface area (Å²) in [7, 11) is 0. The first-order chi connectivity index (χ1) is 10.4. The molecule has 22 heavy (non-hydrogen) atoms. The summed E-state index contributed by atoms with van der Waals surface area (Å²) in [4.78, 5) is 2.51. The molecular formula is C18H21FeN3. The summed E-state index contributed by atoms with van der Waals surface area (Å²) in [5.41, 5.74) is 4.90. The van der Waals surface area contributed by atoms with Crippen molar-refractivity contribution in [2.45, 2.75) is 31.2 Å². The van der Waals surface area contributed by atoms with Gasteiger partial charge in [-0.25, -0.2) is 24.3 Å². The van der Waals surface area contributed by atoms with Gasteiger partial charge in [0.15, 0.2) is 0 Å². The number of amidine groups is 1. The first kappa shape index (κ1) is 15.4. The van der Waals surface area contributed by atoms with Crippen LogP contribution in [0.2, 0.25) is 0 Å². The number of piperidine rings is 2. The van der Waals surface area contributed by atoms with Gasteiger partial charge in [0.05, 0.1) is 0 Å². The molecular weight excluding hydrogens is 314 g/mol. The fraction of sp³-hybridized carbons (Fsp3) is 0.389. The molecule has 2 aromatic rings. The Morgan fingerprint density at radius 1 is 1.14 bits per heavy atom. The van der Waals surface area contributed by atoms with Crippen LogP contribution in [0, 0.1) is 5.92 Å². The molecule has 0 spiro atoms. The van der Waals surface area contributed by atoms with Gasteiger partial charge in [0.2, 0.25) is 0 Å². The third-order valence-corrected chi connectivity index (χ3v) is 5.15. The van der Waals surface area contributed by atoms with Crippen LogP contribution in [0.25, 0.3) is 0 Å². The number of nitrogens with one attached hydrogen (secondary N) is 1. The Balaban J connectivity index is 0.000000208.